The Labute approximate surface area is 184 Å². The van der Waals surface area contributed by atoms with Crippen LogP contribution in [0.5, 0.6) is 0 Å². The van der Waals surface area contributed by atoms with Crippen molar-refractivity contribution in [2.45, 2.75) is 11.4 Å². The van der Waals surface area contributed by atoms with Gasteiger partial charge in [-0.3, -0.25) is 9.67 Å². The molecule has 158 valence electrons. The van der Waals surface area contributed by atoms with E-state index in [1.165, 1.54) is 6.08 Å². The molecule has 0 spiro atoms. The number of sulfone groups is 1. The van der Waals surface area contributed by atoms with Gasteiger partial charge in [0.25, 0.3) is 0 Å². The molecule has 0 unspecified atom stereocenters. The Hall–Kier alpha value is -4.09. The van der Waals surface area contributed by atoms with E-state index in [4.69, 9.17) is 0 Å². The molecule has 0 N–H and O–H groups in total. The van der Waals surface area contributed by atoms with E-state index in [1.807, 2.05) is 36.4 Å². The maximum absolute atomic E-state index is 13.2. The quantitative estimate of drug-likeness (QED) is 0.323. The molecule has 0 fully saturated rings. The second-order valence-corrected chi connectivity index (χ2v) is 8.85. The Morgan fingerprint density at radius 1 is 1.06 bits per heavy atom. The summed E-state index contributed by atoms with van der Waals surface area (Å²) in [4.78, 5) is 3.47. The zero-order valence-electron chi connectivity index (χ0n) is 16.8. The van der Waals surface area contributed by atoms with Crippen LogP contribution in [0.15, 0.2) is 95.1 Å². The molecule has 8 heteroatoms. The summed E-state index contributed by atoms with van der Waals surface area (Å²) >= 11 is 0. The predicted molar refractivity (Wildman–Crippen MR) is 118 cm³/mol. The predicted octanol–water partition coefficient (Wildman–Crippen LogP) is 4.47. The molecule has 32 heavy (non-hydrogen) atoms. The number of halogens is 1. The van der Waals surface area contributed by atoms with Crippen LogP contribution >= 0.6 is 0 Å². The van der Waals surface area contributed by atoms with Crippen molar-refractivity contribution in [2.24, 2.45) is 0 Å². The van der Waals surface area contributed by atoms with Crippen LogP contribution in [0.1, 0.15) is 11.3 Å². The number of pyridine rings is 1. The molecule has 2 aromatic carbocycles. The van der Waals surface area contributed by atoms with Gasteiger partial charge in [-0.1, -0.05) is 36.4 Å². The van der Waals surface area contributed by atoms with Gasteiger partial charge in [0.2, 0.25) is 9.84 Å². The monoisotopic (exact) mass is 444 g/mol. The largest absolute Gasteiger partial charge is 0.267 e. The third kappa shape index (κ3) is 4.48. The molecule has 0 aliphatic rings. The maximum Gasteiger partial charge on any atom is 0.216 e. The highest BCUT2D eigenvalue weighted by molar-refractivity contribution is 7.95. The maximum atomic E-state index is 13.2. The van der Waals surface area contributed by atoms with E-state index < -0.39 is 20.6 Å². The van der Waals surface area contributed by atoms with Gasteiger partial charge < -0.3 is 0 Å². The van der Waals surface area contributed by atoms with Gasteiger partial charge in [-0.05, 0) is 42.0 Å². The summed E-state index contributed by atoms with van der Waals surface area (Å²) in [5.74, 6) is -0.565. The number of rotatable bonds is 6. The van der Waals surface area contributed by atoms with Crippen molar-refractivity contribution in [3.63, 3.8) is 0 Å². The smallest absolute Gasteiger partial charge is 0.216 e. The Balaban J connectivity index is 1.81. The second-order valence-electron chi connectivity index (χ2n) is 6.93. The van der Waals surface area contributed by atoms with Crippen molar-refractivity contribution in [2.75, 3.05) is 0 Å². The minimum Gasteiger partial charge on any atom is -0.267 e. The number of benzene rings is 2. The molecule has 4 aromatic rings. The first kappa shape index (κ1) is 21.2. The van der Waals surface area contributed by atoms with E-state index in [0.29, 0.717) is 17.8 Å². The molecule has 4 rings (SSSR count). The molecule has 0 aliphatic carbocycles. The van der Waals surface area contributed by atoms with E-state index >= 15 is 0 Å². The van der Waals surface area contributed by atoms with E-state index in [-0.39, 0.29) is 4.90 Å². The van der Waals surface area contributed by atoms with E-state index in [9.17, 15) is 18.1 Å². The zero-order valence-corrected chi connectivity index (χ0v) is 17.6. The highest BCUT2D eigenvalue weighted by Crippen LogP contribution is 2.27. The number of allylic oxidation sites excluding steroid dienone is 1. The first-order chi connectivity index (χ1) is 15.5. The fraction of sp³-hybridized carbons (Fsp3) is 0.0417. The lowest BCUT2D eigenvalue weighted by molar-refractivity contribution is 0.601. The molecular weight excluding hydrogens is 427 g/mol. The molecular formula is C24H17FN4O2S. The van der Waals surface area contributed by atoms with Crippen LogP contribution < -0.4 is 0 Å². The van der Waals surface area contributed by atoms with Crippen molar-refractivity contribution >= 4 is 15.9 Å². The summed E-state index contributed by atoms with van der Waals surface area (Å²) in [5, 5.41) is 14.2. The first-order valence-electron chi connectivity index (χ1n) is 9.61. The van der Waals surface area contributed by atoms with Crippen molar-refractivity contribution < 1.29 is 12.8 Å². The van der Waals surface area contributed by atoms with E-state index in [1.54, 1.807) is 35.4 Å². The third-order valence-electron chi connectivity index (χ3n) is 4.74. The van der Waals surface area contributed by atoms with E-state index in [0.717, 1.165) is 35.4 Å². The van der Waals surface area contributed by atoms with Gasteiger partial charge in [0.05, 0.1) is 17.1 Å². The minimum atomic E-state index is -4.15. The van der Waals surface area contributed by atoms with Gasteiger partial charge in [0, 0.05) is 29.7 Å². The molecule has 2 aromatic heterocycles. The normalized spacial score (nSPS) is 11.8. The van der Waals surface area contributed by atoms with Crippen LogP contribution in [-0.2, 0) is 16.4 Å². The van der Waals surface area contributed by atoms with Crippen LogP contribution in [0, 0.1) is 17.1 Å². The molecule has 0 saturated heterocycles. The zero-order chi connectivity index (χ0) is 22.6. The number of nitrogens with zero attached hydrogens (tertiary/aromatic N) is 4. The van der Waals surface area contributed by atoms with Crippen molar-refractivity contribution in [1.82, 2.24) is 14.8 Å². The fourth-order valence-electron chi connectivity index (χ4n) is 3.17. The van der Waals surface area contributed by atoms with E-state index in [2.05, 4.69) is 10.1 Å². The van der Waals surface area contributed by atoms with Crippen molar-refractivity contribution in [1.29, 1.82) is 5.26 Å². The van der Waals surface area contributed by atoms with Gasteiger partial charge >= 0.3 is 0 Å². The number of aromatic nitrogens is 3. The van der Waals surface area contributed by atoms with Gasteiger partial charge in [0.15, 0.2) is 4.91 Å². The molecule has 0 aliphatic heterocycles. The summed E-state index contributed by atoms with van der Waals surface area (Å²) in [6, 6.07) is 19.4. The molecule has 6 nitrogen and oxygen atoms in total. The average Bonchev–Trinajstić information content (AvgIpc) is 3.21. The lowest BCUT2D eigenvalue weighted by Gasteiger charge is -2.03. The fourth-order valence-corrected chi connectivity index (χ4v) is 4.31. The Bertz CT molecular complexity index is 1410. The van der Waals surface area contributed by atoms with Crippen LogP contribution in [0.4, 0.5) is 4.39 Å². The van der Waals surface area contributed by atoms with Gasteiger partial charge in [-0.2, -0.15) is 10.4 Å². The molecule has 0 atom stereocenters. The number of hydrogen-bond acceptors (Lipinski definition) is 5. The highest BCUT2D eigenvalue weighted by Gasteiger charge is 2.22. The van der Waals surface area contributed by atoms with Crippen LogP contribution in [0.3, 0.4) is 0 Å². The summed E-state index contributed by atoms with van der Waals surface area (Å²) in [6.07, 6.45) is 6.30. The Morgan fingerprint density at radius 3 is 2.47 bits per heavy atom. The van der Waals surface area contributed by atoms with Crippen LogP contribution in [0.2, 0.25) is 0 Å². The van der Waals surface area contributed by atoms with Gasteiger partial charge in [0.1, 0.15) is 11.9 Å². The van der Waals surface area contributed by atoms with Crippen molar-refractivity contribution in [3.05, 3.63) is 107 Å². The SMILES string of the molecule is N#C/C(=C\c1nn(Cc2ccccc2)cc1-c1cccnc1)S(=O)(=O)c1ccc(F)cc1. The van der Waals surface area contributed by atoms with Crippen molar-refractivity contribution in [3.8, 4) is 17.2 Å². The van der Waals surface area contributed by atoms with Gasteiger partial charge in [-0.25, -0.2) is 12.8 Å². The number of hydrogen-bond donors (Lipinski definition) is 0. The second kappa shape index (κ2) is 8.96. The average molecular weight is 444 g/mol. The summed E-state index contributed by atoms with van der Waals surface area (Å²) < 4.78 is 40.8. The Morgan fingerprint density at radius 2 is 1.81 bits per heavy atom. The lowest BCUT2D eigenvalue weighted by atomic mass is 10.1. The first-order valence-corrected chi connectivity index (χ1v) is 11.1. The molecule has 0 bridgehead atoms. The lowest BCUT2D eigenvalue weighted by Crippen LogP contribution is -2.04. The Kier molecular flexibility index (Phi) is 5.92. The highest BCUT2D eigenvalue weighted by atomic mass is 32.2. The molecule has 2 heterocycles. The number of nitriles is 1. The summed E-state index contributed by atoms with van der Waals surface area (Å²) in [6.45, 7) is 0.467. The topological polar surface area (TPSA) is 88.6 Å². The van der Waals surface area contributed by atoms with Crippen LogP contribution in [-0.4, -0.2) is 23.2 Å². The molecule has 0 amide bonds. The summed E-state index contributed by atoms with van der Waals surface area (Å²) in [5.41, 5.74) is 2.70. The van der Waals surface area contributed by atoms with Crippen LogP contribution in [0.25, 0.3) is 17.2 Å². The minimum absolute atomic E-state index is 0.168. The summed E-state index contributed by atoms with van der Waals surface area (Å²) in [7, 11) is -4.15. The van der Waals surface area contributed by atoms with Gasteiger partial charge in [-0.15, -0.1) is 0 Å². The molecule has 0 saturated carbocycles. The third-order valence-corrected chi connectivity index (χ3v) is 6.42. The standard InChI is InChI=1S/C24H17FN4O2S/c25-20-8-10-21(11-9-20)32(30,31)22(14-26)13-24-23(19-7-4-12-27-15-19)17-29(28-24)16-18-5-2-1-3-6-18/h1-13,15,17H,16H2/b22-13+. The molecule has 0 radical (unpaired) electrons.